The van der Waals surface area contributed by atoms with Crippen molar-refractivity contribution in [2.75, 3.05) is 48.5 Å². The summed E-state index contributed by atoms with van der Waals surface area (Å²) in [5, 5.41) is 34.0. The minimum absolute atomic E-state index is 0.168. The molecule has 8 rings (SSSR count). The molecule has 4 aliphatic heterocycles. The Hall–Kier alpha value is -5.46. The van der Waals surface area contributed by atoms with Crippen molar-refractivity contribution >= 4 is 11.9 Å². The number of likely N-dealkylation sites (N-methyl/N-ethyl adjacent to an activating group) is 2. The number of ether oxygens (including phenoxy) is 5. The fourth-order valence-electron chi connectivity index (χ4n) is 10.4. The number of nitrogens with zero attached hydrogens (tertiary/aromatic N) is 2. The third kappa shape index (κ3) is 8.20. The van der Waals surface area contributed by atoms with Gasteiger partial charge in [-0.25, -0.2) is 9.59 Å². The zero-order valence-corrected chi connectivity index (χ0v) is 36.7. The maximum atomic E-state index is 13.4. The SMILES string of the molecule is CCCCC(C(=O)O)[N+]1(C)CCc2cc(OC)c3cc2C1Cc1ccc(cc1)Oc1cc(ccc1OC)CC1c2c(cc(OC)c(O)c2O3)CC[N+]1(C)C(CCCC)C(=O)O. The second kappa shape index (κ2) is 17.9. The Morgan fingerprint density at radius 1 is 0.689 bits per heavy atom. The smallest absolute Gasteiger partial charge is 0.362 e. The van der Waals surface area contributed by atoms with E-state index >= 15 is 0 Å². The van der Waals surface area contributed by atoms with E-state index in [9.17, 15) is 24.9 Å². The fraction of sp³-hybridized carbons (Fsp3) is 0.469. The van der Waals surface area contributed by atoms with Crippen LogP contribution in [0.25, 0.3) is 0 Å². The van der Waals surface area contributed by atoms with E-state index in [1.165, 1.54) is 7.11 Å². The van der Waals surface area contributed by atoms with E-state index < -0.39 is 30.1 Å². The van der Waals surface area contributed by atoms with Crippen molar-refractivity contribution in [2.45, 2.75) is 102 Å². The first-order valence-electron chi connectivity index (χ1n) is 21.7. The summed E-state index contributed by atoms with van der Waals surface area (Å²) in [5.41, 5.74) is 5.49. The molecule has 4 heterocycles. The molecule has 0 amide bonds. The molecular formula is C49H62N2O10+2. The molecule has 0 fully saturated rings. The van der Waals surface area contributed by atoms with Crippen LogP contribution in [0, 0.1) is 0 Å². The van der Waals surface area contributed by atoms with E-state index in [-0.39, 0.29) is 27.8 Å². The van der Waals surface area contributed by atoms with Gasteiger partial charge >= 0.3 is 11.9 Å². The second-order valence-corrected chi connectivity index (χ2v) is 17.4. The molecule has 326 valence electrons. The van der Waals surface area contributed by atoms with Crippen LogP contribution in [0.4, 0.5) is 0 Å². The third-order valence-corrected chi connectivity index (χ3v) is 13.9. The summed E-state index contributed by atoms with van der Waals surface area (Å²) in [6.07, 6.45) is 6.36. The summed E-state index contributed by atoms with van der Waals surface area (Å²) in [6, 6.07) is 17.4. The van der Waals surface area contributed by atoms with E-state index in [1.807, 2.05) is 67.7 Å². The maximum absolute atomic E-state index is 13.4. The second-order valence-electron chi connectivity index (χ2n) is 17.4. The molecule has 0 aliphatic carbocycles. The Balaban J connectivity index is 1.52. The number of benzene rings is 4. The number of carboxylic acid groups (broad SMARTS) is 2. The zero-order chi connectivity index (χ0) is 43.6. The highest BCUT2D eigenvalue weighted by Gasteiger charge is 2.51. The number of carbonyl (C=O) groups is 2. The highest BCUT2D eigenvalue weighted by molar-refractivity contribution is 5.73. The first kappa shape index (κ1) is 43.6. The van der Waals surface area contributed by atoms with E-state index in [1.54, 1.807) is 14.2 Å². The molecule has 3 N–H and O–H groups in total. The number of methoxy groups -OCH3 is 3. The first-order chi connectivity index (χ1) is 29.3. The average molecular weight is 839 g/mol. The quantitative estimate of drug-likeness (QED) is 0.112. The Morgan fingerprint density at radius 2 is 1.23 bits per heavy atom. The highest BCUT2D eigenvalue weighted by atomic mass is 16.5. The Bertz CT molecular complexity index is 2260. The van der Waals surface area contributed by atoms with Gasteiger partial charge in [0.25, 0.3) is 0 Å². The molecule has 0 saturated carbocycles. The molecule has 6 bridgehead atoms. The van der Waals surface area contributed by atoms with Crippen molar-refractivity contribution in [3.63, 3.8) is 0 Å². The van der Waals surface area contributed by atoms with Gasteiger partial charge in [0.05, 0.1) is 54.1 Å². The number of aliphatic carboxylic acids is 2. The van der Waals surface area contributed by atoms with Gasteiger partial charge in [-0.1, -0.05) is 44.9 Å². The molecule has 4 aliphatic rings. The Morgan fingerprint density at radius 3 is 1.82 bits per heavy atom. The molecule has 12 heteroatoms. The van der Waals surface area contributed by atoms with Gasteiger partial charge in [-0.05, 0) is 77.6 Å². The first-order valence-corrected chi connectivity index (χ1v) is 21.7. The monoisotopic (exact) mass is 838 g/mol. The van der Waals surface area contributed by atoms with Crippen molar-refractivity contribution in [2.24, 2.45) is 0 Å². The standard InChI is InChI=1S/C49H60N2O10/c1-8-10-12-36(48(53)54)50(3)22-20-32-27-41(58-6)43-29-35(32)38(50)24-30-14-17-34(18-15-30)60-42-26-31(16-19-40(42)57-5)25-39-45-33(28-44(59-7)46(52)47(45)61-43)21-23-51(39,4)37(49(55)56)13-11-9-2/h14-19,26-29,36-39H,8-13,20-25H2,1-7H3,(H-2,52,53,54,55,56)/p+2. The zero-order valence-electron chi connectivity index (χ0n) is 36.7. The van der Waals surface area contributed by atoms with Crippen LogP contribution in [0.1, 0.15) is 97.8 Å². The largest absolute Gasteiger partial charge is 0.502 e. The van der Waals surface area contributed by atoms with Gasteiger partial charge in [0.1, 0.15) is 17.8 Å². The molecular weight excluding hydrogens is 777 g/mol. The van der Waals surface area contributed by atoms with Gasteiger partial charge in [-0.15, -0.1) is 0 Å². The number of fused-ring (bicyclic) bond motifs is 2. The molecule has 12 nitrogen and oxygen atoms in total. The molecule has 0 radical (unpaired) electrons. The van der Waals surface area contributed by atoms with Crippen molar-refractivity contribution in [3.05, 3.63) is 94.0 Å². The van der Waals surface area contributed by atoms with Gasteiger partial charge in [0.2, 0.25) is 5.75 Å². The molecule has 0 spiro atoms. The Labute approximate surface area is 359 Å². The Kier molecular flexibility index (Phi) is 12.8. The predicted octanol–water partition coefficient (Wildman–Crippen LogP) is 9.18. The van der Waals surface area contributed by atoms with Crippen LogP contribution in [0.2, 0.25) is 0 Å². The van der Waals surface area contributed by atoms with Crippen LogP contribution in [0.3, 0.4) is 0 Å². The maximum Gasteiger partial charge on any atom is 0.362 e. The minimum atomic E-state index is -0.872. The summed E-state index contributed by atoms with van der Waals surface area (Å²) < 4.78 is 31.7. The molecule has 6 atom stereocenters. The van der Waals surface area contributed by atoms with E-state index in [0.29, 0.717) is 90.4 Å². The van der Waals surface area contributed by atoms with E-state index in [0.717, 1.165) is 53.5 Å². The number of hydrogen-bond acceptors (Lipinski definition) is 8. The number of quaternary nitrogens is 2. The molecule has 6 unspecified atom stereocenters. The lowest BCUT2D eigenvalue weighted by molar-refractivity contribution is -0.956. The lowest BCUT2D eigenvalue weighted by atomic mass is 9.83. The van der Waals surface area contributed by atoms with Gasteiger partial charge in [-0.3, -0.25) is 0 Å². The highest BCUT2D eigenvalue weighted by Crippen LogP contribution is 2.54. The summed E-state index contributed by atoms with van der Waals surface area (Å²) in [4.78, 5) is 26.6. The molecule has 4 aromatic carbocycles. The van der Waals surface area contributed by atoms with E-state index in [4.69, 9.17) is 23.7 Å². The number of unbranched alkanes of at least 4 members (excludes halogenated alkanes) is 2. The summed E-state index contributed by atoms with van der Waals surface area (Å²) >= 11 is 0. The average Bonchev–Trinajstić information content (AvgIpc) is 3.24. The van der Waals surface area contributed by atoms with Gasteiger partial charge in [-0.2, -0.15) is 0 Å². The van der Waals surface area contributed by atoms with Crippen LogP contribution in [0.15, 0.2) is 60.7 Å². The van der Waals surface area contributed by atoms with Gasteiger partial charge in [0.15, 0.2) is 46.6 Å². The number of carboxylic acids is 2. The van der Waals surface area contributed by atoms with Crippen LogP contribution in [0.5, 0.6) is 46.0 Å². The number of rotatable bonds is 13. The van der Waals surface area contributed by atoms with E-state index in [2.05, 4.69) is 20.9 Å². The summed E-state index contributed by atoms with van der Waals surface area (Å²) in [7, 11) is 8.78. The van der Waals surface area contributed by atoms with Crippen molar-refractivity contribution < 1.29 is 57.6 Å². The van der Waals surface area contributed by atoms with Crippen LogP contribution in [-0.4, -0.2) is 96.8 Å². The lowest BCUT2D eigenvalue weighted by Crippen LogP contribution is -2.61. The number of phenols is 1. The van der Waals surface area contributed by atoms with Crippen LogP contribution in [-0.2, 0) is 35.3 Å². The molecule has 61 heavy (non-hydrogen) atoms. The predicted molar refractivity (Wildman–Crippen MR) is 232 cm³/mol. The van der Waals surface area contributed by atoms with Gasteiger partial charge < -0.3 is 48.0 Å². The van der Waals surface area contributed by atoms with Crippen molar-refractivity contribution in [1.29, 1.82) is 0 Å². The molecule has 4 aromatic rings. The van der Waals surface area contributed by atoms with Gasteiger partial charge in [0, 0.05) is 44.1 Å². The fourth-order valence-corrected chi connectivity index (χ4v) is 10.4. The number of phenolic OH excluding ortho intramolecular Hbond substituents is 1. The summed E-state index contributed by atoms with van der Waals surface area (Å²) in [5.74, 6) is 1.03. The number of aromatic hydroxyl groups is 1. The molecule has 0 saturated heterocycles. The number of hydrogen-bond donors (Lipinski definition) is 3. The van der Waals surface area contributed by atoms with Crippen molar-refractivity contribution in [3.8, 4) is 46.0 Å². The molecule has 0 aromatic heterocycles. The topological polar surface area (TPSA) is 141 Å². The van der Waals surface area contributed by atoms with Crippen LogP contribution >= 0.6 is 0 Å². The minimum Gasteiger partial charge on any atom is -0.502 e. The summed E-state index contributed by atoms with van der Waals surface area (Å²) in [6.45, 7) is 5.29. The van der Waals surface area contributed by atoms with Crippen molar-refractivity contribution in [1.82, 2.24) is 0 Å². The normalized spacial score (nSPS) is 22.6. The van der Waals surface area contributed by atoms with Crippen LogP contribution < -0.4 is 23.7 Å². The third-order valence-electron chi connectivity index (χ3n) is 13.9. The lowest BCUT2D eigenvalue weighted by Gasteiger charge is -2.49.